The number of hydrogen-bond acceptors (Lipinski definition) is 2. The largest absolute Gasteiger partial charge is 0.478 e. The fourth-order valence-corrected chi connectivity index (χ4v) is 2.63. The van der Waals surface area contributed by atoms with Crippen molar-refractivity contribution in [3.63, 3.8) is 0 Å². The van der Waals surface area contributed by atoms with Crippen LogP contribution in [0.2, 0.25) is 5.02 Å². The summed E-state index contributed by atoms with van der Waals surface area (Å²) in [5, 5.41) is 12.6. The third kappa shape index (κ3) is 3.74. The Morgan fingerprint density at radius 2 is 2.21 bits per heavy atom. The van der Waals surface area contributed by atoms with Crippen molar-refractivity contribution >= 4 is 23.3 Å². The lowest BCUT2D eigenvalue weighted by Crippen LogP contribution is -2.09. The Hall–Kier alpha value is -1.48. The zero-order chi connectivity index (χ0) is 13.7. The standard InChI is InChI=1S/C15H18ClNO2/c16-12-7-4-8-13(14(12)15(18)19)17-10-9-11-5-2-1-3-6-11/h4-5,7-8,17H,1-3,6,9-10H2,(H,18,19). The van der Waals surface area contributed by atoms with Gasteiger partial charge >= 0.3 is 5.97 Å². The number of rotatable bonds is 5. The van der Waals surface area contributed by atoms with Crippen molar-refractivity contribution in [1.82, 2.24) is 0 Å². The molecule has 0 amide bonds. The second-order valence-electron chi connectivity index (χ2n) is 4.75. The molecule has 0 bridgehead atoms. The summed E-state index contributed by atoms with van der Waals surface area (Å²) in [7, 11) is 0. The summed E-state index contributed by atoms with van der Waals surface area (Å²) in [6, 6.07) is 5.11. The van der Waals surface area contributed by atoms with Crippen LogP contribution in [0.3, 0.4) is 0 Å². The molecule has 19 heavy (non-hydrogen) atoms. The maximum absolute atomic E-state index is 11.2. The van der Waals surface area contributed by atoms with Crippen LogP contribution >= 0.6 is 11.6 Å². The van der Waals surface area contributed by atoms with Crippen molar-refractivity contribution in [2.45, 2.75) is 32.1 Å². The van der Waals surface area contributed by atoms with E-state index in [1.54, 1.807) is 18.2 Å². The maximum Gasteiger partial charge on any atom is 0.339 e. The lowest BCUT2D eigenvalue weighted by Gasteiger charge is -2.14. The molecule has 0 spiro atoms. The molecule has 102 valence electrons. The highest BCUT2D eigenvalue weighted by Gasteiger charge is 2.14. The van der Waals surface area contributed by atoms with Crippen LogP contribution < -0.4 is 5.32 Å². The van der Waals surface area contributed by atoms with Crippen molar-refractivity contribution in [3.8, 4) is 0 Å². The predicted octanol–water partition coefficient (Wildman–Crippen LogP) is 4.34. The van der Waals surface area contributed by atoms with E-state index in [1.807, 2.05) is 0 Å². The molecule has 0 radical (unpaired) electrons. The number of benzene rings is 1. The minimum atomic E-state index is -0.995. The van der Waals surface area contributed by atoms with E-state index in [9.17, 15) is 4.79 Å². The first-order valence-corrected chi connectivity index (χ1v) is 7.00. The van der Waals surface area contributed by atoms with Gasteiger partial charge in [-0.05, 0) is 44.2 Å². The van der Waals surface area contributed by atoms with Gasteiger partial charge in [-0.15, -0.1) is 0 Å². The molecular weight excluding hydrogens is 262 g/mol. The third-order valence-corrected chi connectivity index (χ3v) is 3.69. The number of nitrogens with one attached hydrogen (secondary N) is 1. The number of aromatic carboxylic acids is 1. The molecule has 2 N–H and O–H groups in total. The van der Waals surface area contributed by atoms with E-state index in [2.05, 4.69) is 11.4 Å². The van der Waals surface area contributed by atoms with E-state index in [0.29, 0.717) is 5.69 Å². The number of hydrogen-bond donors (Lipinski definition) is 2. The first-order valence-electron chi connectivity index (χ1n) is 6.62. The summed E-state index contributed by atoms with van der Waals surface area (Å²) < 4.78 is 0. The maximum atomic E-state index is 11.2. The van der Waals surface area contributed by atoms with Gasteiger partial charge in [0.1, 0.15) is 5.56 Å². The van der Waals surface area contributed by atoms with Crippen molar-refractivity contribution in [2.24, 2.45) is 0 Å². The second-order valence-corrected chi connectivity index (χ2v) is 5.16. The zero-order valence-electron chi connectivity index (χ0n) is 10.8. The summed E-state index contributed by atoms with van der Waals surface area (Å²) in [4.78, 5) is 11.2. The Morgan fingerprint density at radius 1 is 1.37 bits per heavy atom. The number of carboxylic acid groups (broad SMARTS) is 1. The van der Waals surface area contributed by atoms with Gasteiger partial charge in [-0.3, -0.25) is 0 Å². The van der Waals surface area contributed by atoms with Gasteiger partial charge in [0, 0.05) is 6.54 Å². The number of allylic oxidation sites excluding steroid dienone is 1. The van der Waals surface area contributed by atoms with E-state index in [4.69, 9.17) is 16.7 Å². The van der Waals surface area contributed by atoms with Gasteiger partial charge in [-0.1, -0.05) is 29.3 Å². The number of halogens is 1. The molecule has 1 aromatic rings. The Morgan fingerprint density at radius 3 is 2.89 bits per heavy atom. The van der Waals surface area contributed by atoms with Gasteiger partial charge in [-0.2, -0.15) is 0 Å². The Kier molecular flexibility index (Phi) is 4.86. The van der Waals surface area contributed by atoms with Crippen LogP contribution in [0.15, 0.2) is 29.8 Å². The molecule has 0 fully saturated rings. The van der Waals surface area contributed by atoms with Gasteiger partial charge in [-0.25, -0.2) is 4.79 Å². The molecule has 0 aliphatic heterocycles. The monoisotopic (exact) mass is 279 g/mol. The van der Waals surface area contributed by atoms with Crippen LogP contribution in [-0.2, 0) is 0 Å². The number of carboxylic acids is 1. The predicted molar refractivity (Wildman–Crippen MR) is 78.1 cm³/mol. The normalized spacial score (nSPS) is 14.9. The smallest absolute Gasteiger partial charge is 0.339 e. The summed E-state index contributed by atoms with van der Waals surface area (Å²) in [5.41, 5.74) is 2.22. The minimum Gasteiger partial charge on any atom is -0.478 e. The van der Waals surface area contributed by atoms with E-state index in [-0.39, 0.29) is 10.6 Å². The summed E-state index contributed by atoms with van der Waals surface area (Å²) in [6.07, 6.45) is 8.17. The minimum absolute atomic E-state index is 0.154. The van der Waals surface area contributed by atoms with Crippen LogP contribution in [0.4, 0.5) is 5.69 Å². The van der Waals surface area contributed by atoms with Gasteiger partial charge in [0.05, 0.1) is 10.7 Å². The highest BCUT2D eigenvalue weighted by molar-refractivity contribution is 6.34. The van der Waals surface area contributed by atoms with Crippen molar-refractivity contribution in [3.05, 3.63) is 40.4 Å². The van der Waals surface area contributed by atoms with Crippen molar-refractivity contribution in [1.29, 1.82) is 0 Å². The van der Waals surface area contributed by atoms with E-state index < -0.39 is 5.97 Å². The Balaban J connectivity index is 1.97. The molecule has 0 unspecified atom stereocenters. The first-order chi connectivity index (χ1) is 9.18. The molecule has 4 heteroatoms. The summed E-state index contributed by atoms with van der Waals surface area (Å²) >= 11 is 5.92. The topological polar surface area (TPSA) is 49.3 Å². The highest BCUT2D eigenvalue weighted by atomic mass is 35.5. The quantitative estimate of drug-likeness (QED) is 0.788. The molecule has 1 aromatic carbocycles. The molecule has 2 rings (SSSR count). The first kappa shape index (κ1) is 13.9. The summed E-state index contributed by atoms with van der Waals surface area (Å²) in [6.45, 7) is 0.743. The lowest BCUT2D eigenvalue weighted by atomic mass is 9.97. The van der Waals surface area contributed by atoms with E-state index >= 15 is 0 Å². The molecular formula is C15H18ClNO2. The van der Waals surface area contributed by atoms with Crippen molar-refractivity contribution in [2.75, 3.05) is 11.9 Å². The molecule has 1 aliphatic rings. The van der Waals surface area contributed by atoms with Gasteiger partial charge in [0.25, 0.3) is 0 Å². The SMILES string of the molecule is O=C(O)c1c(Cl)cccc1NCCC1=CCCCC1. The Bertz CT molecular complexity index is 497. The fraction of sp³-hybridized carbons (Fsp3) is 0.400. The molecule has 0 saturated carbocycles. The van der Waals surface area contributed by atoms with E-state index in [0.717, 1.165) is 13.0 Å². The fourth-order valence-electron chi connectivity index (χ4n) is 2.38. The molecule has 0 atom stereocenters. The summed E-state index contributed by atoms with van der Waals surface area (Å²) in [5.74, 6) is -0.995. The molecule has 1 aliphatic carbocycles. The van der Waals surface area contributed by atoms with Crippen LogP contribution in [-0.4, -0.2) is 17.6 Å². The highest BCUT2D eigenvalue weighted by Crippen LogP contribution is 2.25. The van der Waals surface area contributed by atoms with Gasteiger partial charge in [0.2, 0.25) is 0 Å². The van der Waals surface area contributed by atoms with Gasteiger partial charge in [0.15, 0.2) is 0 Å². The average Bonchev–Trinajstić information content (AvgIpc) is 2.39. The van der Waals surface area contributed by atoms with Crippen LogP contribution in [0, 0.1) is 0 Å². The molecule has 0 heterocycles. The van der Waals surface area contributed by atoms with Crippen molar-refractivity contribution < 1.29 is 9.90 Å². The molecule has 3 nitrogen and oxygen atoms in total. The zero-order valence-corrected chi connectivity index (χ0v) is 11.5. The third-order valence-electron chi connectivity index (χ3n) is 3.37. The van der Waals surface area contributed by atoms with E-state index in [1.165, 1.54) is 31.3 Å². The second kappa shape index (κ2) is 6.62. The van der Waals surface area contributed by atoms with Crippen LogP contribution in [0.1, 0.15) is 42.5 Å². The average molecular weight is 280 g/mol. The molecule has 0 saturated heterocycles. The van der Waals surface area contributed by atoms with Crippen LogP contribution in [0.25, 0.3) is 0 Å². The molecule has 0 aromatic heterocycles. The number of anilines is 1. The lowest BCUT2D eigenvalue weighted by molar-refractivity contribution is 0.0698. The Labute approximate surface area is 118 Å². The van der Waals surface area contributed by atoms with Gasteiger partial charge < -0.3 is 10.4 Å². The number of carbonyl (C=O) groups is 1. The van der Waals surface area contributed by atoms with Crippen LogP contribution in [0.5, 0.6) is 0 Å².